The van der Waals surface area contributed by atoms with Crippen LogP contribution in [0, 0.1) is 5.92 Å². The van der Waals surface area contributed by atoms with E-state index in [1.54, 1.807) is 11.4 Å². The van der Waals surface area contributed by atoms with Crippen LogP contribution < -0.4 is 0 Å². The van der Waals surface area contributed by atoms with Crippen LogP contribution in [0.3, 0.4) is 0 Å². The molecule has 1 fully saturated rings. The fraction of sp³-hybridized carbons (Fsp3) is 1.00. The molecule has 1 atom stereocenters. The molecule has 1 aliphatic heterocycles. The Kier molecular flexibility index (Phi) is 6.20. The lowest BCUT2D eigenvalue weighted by molar-refractivity contribution is 0.362. The van der Waals surface area contributed by atoms with Crippen LogP contribution in [0.2, 0.25) is 0 Å². The molecule has 4 nitrogen and oxygen atoms in total. The van der Waals surface area contributed by atoms with Gasteiger partial charge in [-0.1, -0.05) is 6.92 Å². The minimum Gasteiger partial charge on any atom is -0.195 e. The molecule has 0 saturated carbocycles. The normalized spacial score (nSPS) is 23.9. The third kappa shape index (κ3) is 4.39. The fourth-order valence-corrected chi connectivity index (χ4v) is 3.63. The van der Waals surface area contributed by atoms with Crippen LogP contribution >= 0.6 is 11.6 Å². The predicted molar refractivity (Wildman–Crippen MR) is 71.5 cm³/mol. The minimum absolute atomic E-state index is 0.497. The van der Waals surface area contributed by atoms with Gasteiger partial charge in [-0.25, -0.2) is 0 Å². The van der Waals surface area contributed by atoms with Crippen molar-refractivity contribution in [1.82, 2.24) is 8.61 Å². The van der Waals surface area contributed by atoms with Gasteiger partial charge in [0.25, 0.3) is 10.2 Å². The Balaban J connectivity index is 2.62. The Hall–Kier alpha value is 0.160. The summed E-state index contributed by atoms with van der Waals surface area (Å²) in [6, 6.07) is 0. The summed E-state index contributed by atoms with van der Waals surface area (Å²) in [4.78, 5) is 0. The number of alkyl halides is 1. The lowest BCUT2D eigenvalue weighted by atomic mass is 10.0. The van der Waals surface area contributed by atoms with E-state index in [-0.39, 0.29) is 0 Å². The van der Waals surface area contributed by atoms with Gasteiger partial charge in [-0.05, 0) is 31.6 Å². The highest BCUT2D eigenvalue weighted by Crippen LogP contribution is 2.19. The SMILES string of the molecule is CC1CCCN(S(=O)(=O)N(C)CCCCl)CC1. The maximum absolute atomic E-state index is 12.3. The number of hydrogen-bond acceptors (Lipinski definition) is 2. The van der Waals surface area contributed by atoms with Crippen molar-refractivity contribution in [2.75, 3.05) is 32.6 Å². The van der Waals surface area contributed by atoms with Crippen molar-refractivity contribution < 1.29 is 8.42 Å². The topological polar surface area (TPSA) is 40.6 Å². The second-order valence-electron chi connectivity index (χ2n) is 4.81. The molecule has 102 valence electrons. The van der Waals surface area contributed by atoms with Gasteiger partial charge in [0, 0.05) is 32.6 Å². The van der Waals surface area contributed by atoms with E-state index in [1.807, 2.05) is 0 Å². The van der Waals surface area contributed by atoms with Crippen LogP contribution in [-0.2, 0) is 10.2 Å². The lowest BCUT2D eigenvalue weighted by Crippen LogP contribution is -2.42. The number of halogens is 1. The zero-order chi connectivity index (χ0) is 12.9. The van der Waals surface area contributed by atoms with Crippen molar-refractivity contribution in [3.63, 3.8) is 0 Å². The van der Waals surface area contributed by atoms with Crippen LogP contribution in [0.1, 0.15) is 32.6 Å². The van der Waals surface area contributed by atoms with Gasteiger partial charge in [0.05, 0.1) is 0 Å². The van der Waals surface area contributed by atoms with E-state index in [2.05, 4.69) is 6.92 Å². The summed E-state index contributed by atoms with van der Waals surface area (Å²) in [5, 5.41) is 0. The first kappa shape index (κ1) is 15.2. The minimum atomic E-state index is -3.27. The Morgan fingerprint density at radius 2 is 2.06 bits per heavy atom. The van der Waals surface area contributed by atoms with Crippen LogP contribution in [-0.4, -0.2) is 49.6 Å². The standard InChI is InChI=1S/C11H23ClN2O2S/c1-11-5-3-9-14(10-6-11)17(15,16)13(2)8-4-7-12/h11H,3-10H2,1-2H3. The second-order valence-corrected chi connectivity index (χ2v) is 7.22. The van der Waals surface area contributed by atoms with Crippen LogP contribution in [0.25, 0.3) is 0 Å². The van der Waals surface area contributed by atoms with Gasteiger partial charge >= 0.3 is 0 Å². The molecule has 1 aliphatic rings. The summed E-state index contributed by atoms with van der Waals surface area (Å²) >= 11 is 5.59. The van der Waals surface area contributed by atoms with Gasteiger partial charge in [0.1, 0.15) is 0 Å². The zero-order valence-electron chi connectivity index (χ0n) is 10.7. The van der Waals surface area contributed by atoms with Crippen LogP contribution in [0.15, 0.2) is 0 Å². The zero-order valence-corrected chi connectivity index (χ0v) is 12.3. The molecule has 6 heteroatoms. The first-order chi connectivity index (χ1) is 7.98. The van der Waals surface area contributed by atoms with Crippen LogP contribution in [0.5, 0.6) is 0 Å². The molecule has 0 amide bonds. The quantitative estimate of drug-likeness (QED) is 0.723. The van der Waals surface area contributed by atoms with Crippen molar-refractivity contribution >= 4 is 21.8 Å². The summed E-state index contributed by atoms with van der Waals surface area (Å²) in [7, 11) is -1.64. The molecule has 0 spiro atoms. The molecule has 1 heterocycles. The second kappa shape index (κ2) is 6.92. The summed E-state index contributed by atoms with van der Waals surface area (Å²) in [6.07, 6.45) is 3.74. The van der Waals surface area contributed by atoms with Gasteiger partial charge in [-0.3, -0.25) is 0 Å². The first-order valence-electron chi connectivity index (χ1n) is 6.26. The molecule has 0 radical (unpaired) electrons. The summed E-state index contributed by atoms with van der Waals surface area (Å²) in [6.45, 7) is 3.98. The van der Waals surface area contributed by atoms with E-state index >= 15 is 0 Å². The van der Waals surface area contributed by atoms with Gasteiger partial charge in [-0.15, -0.1) is 11.6 Å². The molecular formula is C11H23ClN2O2S. The lowest BCUT2D eigenvalue weighted by Gasteiger charge is -2.26. The van der Waals surface area contributed by atoms with Gasteiger partial charge < -0.3 is 0 Å². The van der Waals surface area contributed by atoms with E-state index in [4.69, 9.17) is 11.6 Å². The van der Waals surface area contributed by atoms with Crippen molar-refractivity contribution in [1.29, 1.82) is 0 Å². The Labute approximate surface area is 110 Å². The molecule has 0 aliphatic carbocycles. The molecule has 0 aromatic heterocycles. The molecule has 0 bridgehead atoms. The van der Waals surface area contributed by atoms with E-state index < -0.39 is 10.2 Å². The van der Waals surface area contributed by atoms with Gasteiger partial charge in [0.2, 0.25) is 0 Å². The highest BCUT2D eigenvalue weighted by atomic mass is 35.5. The maximum atomic E-state index is 12.3. The Morgan fingerprint density at radius 3 is 2.71 bits per heavy atom. The largest absolute Gasteiger partial charge is 0.281 e. The van der Waals surface area contributed by atoms with Crippen molar-refractivity contribution in [3.8, 4) is 0 Å². The Bertz CT molecular complexity index is 321. The highest BCUT2D eigenvalue weighted by molar-refractivity contribution is 7.86. The van der Waals surface area contributed by atoms with Crippen molar-refractivity contribution in [2.45, 2.75) is 32.6 Å². The number of rotatable bonds is 5. The summed E-state index contributed by atoms with van der Waals surface area (Å²) < 4.78 is 27.6. The maximum Gasteiger partial charge on any atom is 0.281 e. The van der Waals surface area contributed by atoms with Gasteiger partial charge in [-0.2, -0.15) is 17.0 Å². The highest BCUT2D eigenvalue weighted by Gasteiger charge is 2.28. The molecular weight excluding hydrogens is 260 g/mol. The van der Waals surface area contributed by atoms with E-state index in [0.29, 0.717) is 37.9 Å². The smallest absolute Gasteiger partial charge is 0.195 e. The summed E-state index contributed by atoms with van der Waals surface area (Å²) in [5.74, 6) is 1.13. The predicted octanol–water partition coefficient (Wildman–Crippen LogP) is 1.91. The van der Waals surface area contributed by atoms with Crippen molar-refractivity contribution in [2.24, 2.45) is 5.92 Å². The molecule has 0 aromatic carbocycles. The molecule has 1 unspecified atom stereocenters. The van der Waals surface area contributed by atoms with E-state index in [0.717, 1.165) is 19.3 Å². The Morgan fingerprint density at radius 1 is 1.35 bits per heavy atom. The average molecular weight is 283 g/mol. The number of hydrogen-bond donors (Lipinski definition) is 0. The fourth-order valence-electron chi connectivity index (χ4n) is 2.06. The van der Waals surface area contributed by atoms with Crippen LogP contribution in [0.4, 0.5) is 0 Å². The number of nitrogens with zero attached hydrogens (tertiary/aromatic N) is 2. The van der Waals surface area contributed by atoms with Crippen molar-refractivity contribution in [3.05, 3.63) is 0 Å². The summed E-state index contributed by atoms with van der Waals surface area (Å²) in [5.41, 5.74) is 0. The average Bonchev–Trinajstić information content (AvgIpc) is 2.51. The first-order valence-corrected chi connectivity index (χ1v) is 8.19. The van der Waals surface area contributed by atoms with Gasteiger partial charge in [0.15, 0.2) is 0 Å². The molecule has 1 saturated heterocycles. The van der Waals surface area contributed by atoms with E-state index in [1.165, 1.54) is 4.31 Å². The molecule has 17 heavy (non-hydrogen) atoms. The van der Waals surface area contributed by atoms with E-state index in [9.17, 15) is 8.42 Å². The molecule has 1 rings (SSSR count). The third-order valence-electron chi connectivity index (χ3n) is 3.30. The monoisotopic (exact) mass is 282 g/mol. The third-order valence-corrected chi connectivity index (χ3v) is 5.56. The molecule has 0 aromatic rings. The molecule has 0 N–H and O–H groups in total.